The fraction of sp³-hybridized carbons (Fsp3) is 0.0444. The number of nitrogens with two attached hydrogens (primary N) is 1. The Balaban J connectivity index is 1.05. The van der Waals surface area contributed by atoms with Gasteiger partial charge in [0.2, 0.25) is 5.84 Å². The summed E-state index contributed by atoms with van der Waals surface area (Å²) >= 11 is 3.71. The average molecular weight is 693 g/mol. The Bertz CT molecular complexity index is 3010. The highest BCUT2D eigenvalue weighted by molar-refractivity contribution is 7.26. The molecular formula is C45H30N3OS2+. The zero-order valence-electron chi connectivity index (χ0n) is 27.3. The Hall–Kier alpha value is -5.63. The number of nitrogens with one attached hydrogen (secondary N) is 1. The van der Waals surface area contributed by atoms with Crippen LogP contribution < -0.4 is 10.6 Å². The molecule has 0 bridgehead atoms. The number of amidine groups is 1. The van der Waals surface area contributed by atoms with Crippen molar-refractivity contribution in [3.63, 3.8) is 0 Å². The number of fused-ring (bicyclic) bond motifs is 9. The summed E-state index contributed by atoms with van der Waals surface area (Å²) in [6.07, 6.45) is -0.255. The highest BCUT2D eigenvalue weighted by atomic mass is 32.1. The third kappa shape index (κ3) is 4.69. The van der Waals surface area contributed by atoms with Gasteiger partial charge in [0, 0.05) is 62.2 Å². The summed E-state index contributed by atoms with van der Waals surface area (Å²) in [5, 5.41) is 13.6. The van der Waals surface area contributed by atoms with Crippen molar-refractivity contribution in [2.24, 2.45) is 4.99 Å². The number of benzene rings is 7. The molecule has 10 aromatic rings. The van der Waals surface area contributed by atoms with Crippen LogP contribution in [0.15, 0.2) is 161 Å². The van der Waals surface area contributed by atoms with Crippen LogP contribution >= 0.6 is 22.7 Å². The fourth-order valence-corrected chi connectivity index (χ4v) is 10.2. The van der Waals surface area contributed by atoms with E-state index in [1.165, 1.54) is 57.0 Å². The molecule has 11 rings (SSSR count). The average Bonchev–Trinajstić information content (AvgIpc) is 3.89. The summed E-state index contributed by atoms with van der Waals surface area (Å²) in [5.74, 6) is 0.999. The first kappa shape index (κ1) is 29.1. The Morgan fingerprint density at radius 2 is 1.25 bits per heavy atom. The maximum absolute atomic E-state index is 6.53. The van der Waals surface area contributed by atoms with Gasteiger partial charge in [0.25, 0.3) is 0 Å². The number of thiophene rings is 2. The lowest BCUT2D eigenvalue weighted by Gasteiger charge is -2.28. The van der Waals surface area contributed by atoms with E-state index in [1.807, 2.05) is 22.7 Å². The second kappa shape index (κ2) is 11.5. The number of nitrogens with zero attached hydrogens (tertiary/aromatic N) is 1. The standard InChI is InChI=1S/C45H29N3OS2/c1-2-10-26(11-3-1)43-46-44(48-45(47-43)28-21-23-40-34(24-28)30-13-5-6-18-38(30)50-40)27-20-22-36-35(25-27)41-31(14-9-17-37(41)49-36)33-16-8-15-32-29-12-4-7-19-39(29)51-42(32)33/h1-25,43-44,46H,(H,47,48)/p+1. The van der Waals surface area contributed by atoms with Crippen LogP contribution in [-0.4, -0.2) is 5.84 Å². The number of hydrogen-bond donors (Lipinski definition) is 2. The van der Waals surface area contributed by atoms with E-state index in [0.717, 1.165) is 38.9 Å². The van der Waals surface area contributed by atoms with Gasteiger partial charge in [-0.3, -0.25) is 5.32 Å². The van der Waals surface area contributed by atoms with Crippen LogP contribution in [0.3, 0.4) is 0 Å². The molecule has 0 radical (unpaired) electrons. The summed E-state index contributed by atoms with van der Waals surface area (Å²) in [4.78, 5) is 5.31. The first-order valence-electron chi connectivity index (χ1n) is 17.3. The normalized spacial score (nSPS) is 16.6. The smallest absolute Gasteiger partial charge is 0.230 e. The molecule has 1 aliphatic heterocycles. The predicted octanol–water partition coefficient (Wildman–Crippen LogP) is 11.3. The van der Waals surface area contributed by atoms with E-state index in [1.54, 1.807) is 0 Å². The van der Waals surface area contributed by atoms with E-state index < -0.39 is 0 Å². The maximum atomic E-state index is 6.53. The summed E-state index contributed by atoms with van der Waals surface area (Å²) in [6, 6.07) is 54.5. The lowest BCUT2D eigenvalue weighted by atomic mass is 9.97. The van der Waals surface area contributed by atoms with Crippen molar-refractivity contribution in [3.05, 3.63) is 168 Å². The Kier molecular flexibility index (Phi) is 6.54. The molecular weight excluding hydrogens is 663 g/mol. The number of aliphatic imine (C=N–C) groups is 1. The van der Waals surface area contributed by atoms with Crippen LogP contribution in [0, 0.1) is 0 Å². The zero-order valence-corrected chi connectivity index (χ0v) is 29.0. The molecule has 2 unspecified atom stereocenters. The molecule has 2 atom stereocenters. The van der Waals surface area contributed by atoms with Gasteiger partial charge in [0.15, 0.2) is 6.17 Å². The molecule has 0 saturated heterocycles. The predicted molar refractivity (Wildman–Crippen MR) is 215 cm³/mol. The van der Waals surface area contributed by atoms with Gasteiger partial charge in [-0.25, -0.2) is 10.3 Å². The number of furan rings is 1. The van der Waals surface area contributed by atoms with E-state index in [9.17, 15) is 0 Å². The Morgan fingerprint density at radius 1 is 0.529 bits per heavy atom. The lowest BCUT2D eigenvalue weighted by Crippen LogP contribution is -2.93. The highest BCUT2D eigenvalue weighted by Crippen LogP contribution is 2.44. The molecule has 242 valence electrons. The molecule has 0 amide bonds. The summed E-state index contributed by atoms with van der Waals surface area (Å²) in [7, 11) is 0. The molecule has 0 fully saturated rings. The topological polar surface area (TPSA) is 54.1 Å². The van der Waals surface area contributed by atoms with Crippen LogP contribution in [0.1, 0.15) is 29.0 Å². The molecule has 6 heteroatoms. The monoisotopic (exact) mass is 692 g/mol. The van der Waals surface area contributed by atoms with Crippen molar-refractivity contribution in [1.29, 1.82) is 0 Å². The van der Waals surface area contributed by atoms with E-state index >= 15 is 0 Å². The Morgan fingerprint density at radius 3 is 2.14 bits per heavy atom. The SMILES string of the molecule is c1ccc(C2N=C(c3ccc4sc5ccccc5c4c3)[NH2+]C(c3ccc4oc5cccc(-c6cccc7c6sc6ccccc67)c5c4c3)N2)cc1. The van der Waals surface area contributed by atoms with Crippen LogP contribution in [0.25, 0.3) is 73.4 Å². The summed E-state index contributed by atoms with van der Waals surface area (Å²) < 4.78 is 11.7. The van der Waals surface area contributed by atoms with Gasteiger partial charge >= 0.3 is 0 Å². The highest BCUT2D eigenvalue weighted by Gasteiger charge is 2.30. The Labute approximate surface area is 301 Å². The van der Waals surface area contributed by atoms with Gasteiger partial charge in [0.1, 0.15) is 17.3 Å². The van der Waals surface area contributed by atoms with Crippen LogP contribution in [0.2, 0.25) is 0 Å². The maximum Gasteiger partial charge on any atom is 0.230 e. The van der Waals surface area contributed by atoms with Crippen molar-refractivity contribution in [3.8, 4) is 11.1 Å². The second-order valence-corrected chi connectivity index (χ2v) is 15.4. The third-order valence-electron chi connectivity index (χ3n) is 10.3. The third-order valence-corrected chi connectivity index (χ3v) is 12.7. The molecule has 1 aliphatic rings. The quantitative estimate of drug-likeness (QED) is 0.193. The minimum absolute atomic E-state index is 0.0647. The van der Waals surface area contributed by atoms with Crippen molar-refractivity contribution >= 4 is 90.8 Å². The van der Waals surface area contributed by atoms with Crippen LogP contribution in [-0.2, 0) is 0 Å². The summed E-state index contributed by atoms with van der Waals surface area (Å²) in [6.45, 7) is 0. The largest absolute Gasteiger partial charge is 0.456 e. The van der Waals surface area contributed by atoms with E-state index in [-0.39, 0.29) is 12.3 Å². The van der Waals surface area contributed by atoms with Crippen molar-refractivity contribution in [1.82, 2.24) is 5.32 Å². The second-order valence-electron chi connectivity index (χ2n) is 13.3. The van der Waals surface area contributed by atoms with Gasteiger partial charge in [-0.2, -0.15) is 0 Å². The van der Waals surface area contributed by atoms with Gasteiger partial charge in [0.05, 0.1) is 5.56 Å². The van der Waals surface area contributed by atoms with Gasteiger partial charge in [-0.1, -0.05) is 97.1 Å². The first-order chi connectivity index (χ1) is 25.2. The molecule has 0 aliphatic carbocycles. The molecule has 3 N–H and O–H groups in total. The van der Waals surface area contributed by atoms with Crippen LogP contribution in [0.5, 0.6) is 0 Å². The number of rotatable bonds is 4. The molecule has 0 saturated carbocycles. The molecule has 4 nitrogen and oxygen atoms in total. The molecule has 3 aromatic heterocycles. The van der Waals surface area contributed by atoms with Crippen molar-refractivity contribution in [2.45, 2.75) is 12.3 Å². The van der Waals surface area contributed by atoms with E-state index in [4.69, 9.17) is 9.41 Å². The van der Waals surface area contributed by atoms with Crippen molar-refractivity contribution in [2.75, 3.05) is 0 Å². The number of hydrogen-bond acceptors (Lipinski definition) is 5. The molecule has 51 heavy (non-hydrogen) atoms. The molecule has 0 spiro atoms. The molecule has 4 heterocycles. The van der Waals surface area contributed by atoms with Gasteiger partial charge in [-0.05, 0) is 65.7 Å². The van der Waals surface area contributed by atoms with Crippen molar-refractivity contribution < 1.29 is 9.73 Å². The zero-order chi connectivity index (χ0) is 33.5. The van der Waals surface area contributed by atoms with Crippen LogP contribution in [0.4, 0.5) is 0 Å². The summed E-state index contributed by atoms with van der Waals surface area (Å²) in [5.41, 5.74) is 7.68. The number of quaternary nitrogens is 1. The van der Waals surface area contributed by atoms with Gasteiger partial charge < -0.3 is 4.42 Å². The lowest BCUT2D eigenvalue weighted by molar-refractivity contribution is -0.600. The first-order valence-corrected chi connectivity index (χ1v) is 18.9. The van der Waals surface area contributed by atoms with E-state index in [0.29, 0.717) is 0 Å². The minimum Gasteiger partial charge on any atom is -0.456 e. The fourth-order valence-electron chi connectivity index (χ4n) is 7.87. The van der Waals surface area contributed by atoms with E-state index in [2.05, 4.69) is 162 Å². The minimum atomic E-state index is -0.191. The van der Waals surface area contributed by atoms with Gasteiger partial charge in [-0.15, -0.1) is 22.7 Å². The molecule has 7 aromatic carbocycles.